The molecule has 2 rings (SSSR count). The van der Waals surface area contributed by atoms with Gasteiger partial charge in [0.1, 0.15) is 17.9 Å². The Morgan fingerprint density at radius 3 is 2.83 bits per heavy atom. The first kappa shape index (κ1) is 13.0. The van der Waals surface area contributed by atoms with Crippen molar-refractivity contribution in [3.05, 3.63) is 17.6 Å². The van der Waals surface area contributed by atoms with E-state index in [0.29, 0.717) is 5.92 Å². The fourth-order valence-corrected chi connectivity index (χ4v) is 2.36. The predicted molar refractivity (Wildman–Crippen MR) is 71.9 cm³/mol. The number of rotatable bonds is 3. The fourth-order valence-electron chi connectivity index (χ4n) is 2.36. The molecular formula is C14H21N3O. The number of aromatic nitrogens is 2. The highest BCUT2D eigenvalue weighted by Crippen LogP contribution is 2.24. The number of nitrogens with zero attached hydrogens (tertiary/aromatic N) is 3. The third-order valence-electron chi connectivity index (χ3n) is 3.37. The van der Waals surface area contributed by atoms with Crippen LogP contribution < -0.4 is 4.90 Å². The monoisotopic (exact) mass is 247 g/mol. The maximum atomic E-state index is 11.2. The van der Waals surface area contributed by atoms with E-state index in [2.05, 4.69) is 28.7 Å². The van der Waals surface area contributed by atoms with Gasteiger partial charge in [0.15, 0.2) is 0 Å². The van der Waals surface area contributed by atoms with E-state index in [9.17, 15) is 4.79 Å². The molecule has 1 aliphatic rings. The van der Waals surface area contributed by atoms with E-state index in [0.717, 1.165) is 49.4 Å². The largest absolute Gasteiger partial charge is 0.347 e. The minimum atomic E-state index is -0.0203. The van der Waals surface area contributed by atoms with Crippen molar-refractivity contribution in [2.45, 2.75) is 52.0 Å². The van der Waals surface area contributed by atoms with Crippen LogP contribution in [0.3, 0.4) is 0 Å². The zero-order valence-electron chi connectivity index (χ0n) is 11.4. The van der Waals surface area contributed by atoms with Gasteiger partial charge in [0.05, 0.1) is 6.04 Å². The lowest BCUT2D eigenvalue weighted by atomic mass is 10.0. The van der Waals surface area contributed by atoms with Gasteiger partial charge in [0.2, 0.25) is 0 Å². The van der Waals surface area contributed by atoms with Crippen LogP contribution in [-0.4, -0.2) is 28.8 Å². The lowest BCUT2D eigenvalue weighted by Gasteiger charge is -2.33. The van der Waals surface area contributed by atoms with Crippen LogP contribution in [0.5, 0.6) is 0 Å². The minimum Gasteiger partial charge on any atom is -0.347 e. The quantitative estimate of drug-likeness (QED) is 0.770. The molecule has 2 heterocycles. The second-order valence-corrected chi connectivity index (χ2v) is 5.27. The minimum absolute atomic E-state index is 0.0203. The van der Waals surface area contributed by atoms with Crippen LogP contribution >= 0.6 is 0 Å². The van der Waals surface area contributed by atoms with Crippen molar-refractivity contribution >= 4 is 12.1 Å². The second kappa shape index (κ2) is 5.46. The standard InChI is InChI=1S/C14H21N3O/c1-10(2)14-15-11(3)8-13(16-14)17-7-5-4-6-12(17)9-18/h8-10,12H,4-7H2,1-3H3. The molecule has 0 bridgehead atoms. The SMILES string of the molecule is Cc1cc(N2CCCCC2C=O)nc(C(C)C)n1. The Labute approximate surface area is 108 Å². The van der Waals surface area contributed by atoms with Crippen LogP contribution in [0.15, 0.2) is 6.07 Å². The number of aldehydes is 1. The highest BCUT2D eigenvalue weighted by Gasteiger charge is 2.23. The molecular weight excluding hydrogens is 226 g/mol. The highest BCUT2D eigenvalue weighted by atomic mass is 16.1. The number of carbonyl (C=O) groups excluding carboxylic acids is 1. The Kier molecular flexibility index (Phi) is 3.94. The molecule has 18 heavy (non-hydrogen) atoms. The smallest absolute Gasteiger partial charge is 0.142 e. The first-order valence-electron chi connectivity index (χ1n) is 6.69. The topological polar surface area (TPSA) is 46.1 Å². The molecule has 4 heteroatoms. The number of hydrogen-bond donors (Lipinski definition) is 0. The molecule has 1 fully saturated rings. The number of hydrogen-bond acceptors (Lipinski definition) is 4. The summed E-state index contributed by atoms with van der Waals surface area (Å²) in [6.07, 6.45) is 4.24. The Bertz CT molecular complexity index is 431. The van der Waals surface area contributed by atoms with Crippen LogP contribution in [0.25, 0.3) is 0 Å². The van der Waals surface area contributed by atoms with Crippen molar-refractivity contribution in [2.75, 3.05) is 11.4 Å². The zero-order valence-corrected chi connectivity index (χ0v) is 11.4. The molecule has 0 N–H and O–H groups in total. The van der Waals surface area contributed by atoms with Crippen LogP contribution in [0, 0.1) is 6.92 Å². The van der Waals surface area contributed by atoms with Crippen LogP contribution in [-0.2, 0) is 4.79 Å². The van der Waals surface area contributed by atoms with E-state index >= 15 is 0 Å². The first-order valence-corrected chi connectivity index (χ1v) is 6.69. The Balaban J connectivity index is 2.33. The molecule has 98 valence electrons. The maximum absolute atomic E-state index is 11.2. The summed E-state index contributed by atoms with van der Waals surface area (Å²) in [7, 11) is 0. The molecule has 0 saturated carbocycles. The van der Waals surface area contributed by atoms with Gasteiger partial charge in [-0.05, 0) is 26.2 Å². The van der Waals surface area contributed by atoms with Crippen molar-refractivity contribution in [1.29, 1.82) is 0 Å². The van der Waals surface area contributed by atoms with Gasteiger partial charge in [-0.1, -0.05) is 13.8 Å². The lowest BCUT2D eigenvalue weighted by Crippen LogP contribution is -2.41. The number of carbonyl (C=O) groups is 1. The number of aryl methyl sites for hydroxylation is 1. The van der Waals surface area contributed by atoms with Gasteiger partial charge in [-0.3, -0.25) is 0 Å². The molecule has 0 spiro atoms. The zero-order chi connectivity index (χ0) is 13.1. The summed E-state index contributed by atoms with van der Waals surface area (Å²) in [5, 5.41) is 0. The normalized spacial score (nSPS) is 20.2. The summed E-state index contributed by atoms with van der Waals surface area (Å²) in [6, 6.07) is 1.96. The molecule has 1 aromatic rings. The second-order valence-electron chi connectivity index (χ2n) is 5.27. The lowest BCUT2D eigenvalue weighted by molar-refractivity contribution is -0.109. The van der Waals surface area contributed by atoms with E-state index in [1.54, 1.807) is 0 Å². The van der Waals surface area contributed by atoms with Crippen molar-refractivity contribution in [1.82, 2.24) is 9.97 Å². The van der Waals surface area contributed by atoms with Crippen molar-refractivity contribution < 1.29 is 4.79 Å². The van der Waals surface area contributed by atoms with E-state index < -0.39 is 0 Å². The molecule has 1 atom stereocenters. The fraction of sp³-hybridized carbons (Fsp3) is 0.643. The van der Waals surface area contributed by atoms with Gasteiger partial charge in [-0.25, -0.2) is 9.97 Å². The van der Waals surface area contributed by atoms with E-state index in [-0.39, 0.29) is 6.04 Å². The van der Waals surface area contributed by atoms with Crippen LogP contribution in [0.4, 0.5) is 5.82 Å². The van der Waals surface area contributed by atoms with Crippen molar-refractivity contribution in [3.8, 4) is 0 Å². The van der Waals surface area contributed by atoms with Gasteiger partial charge in [0.25, 0.3) is 0 Å². The molecule has 0 aromatic carbocycles. The summed E-state index contributed by atoms with van der Waals surface area (Å²) in [6.45, 7) is 7.08. The van der Waals surface area contributed by atoms with E-state index in [4.69, 9.17) is 0 Å². The summed E-state index contributed by atoms with van der Waals surface area (Å²) in [4.78, 5) is 22.3. The van der Waals surface area contributed by atoms with E-state index in [1.165, 1.54) is 0 Å². The summed E-state index contributed by atoms with van der Waals surface area (Å²) in [5.74, 6) is 2.08. The molecule has 1 aromatic heterocycles. The molecule has 1 aliphatic heterocycles. The third kappa shape index (κ3) is 2.68. The van der Waals surface area contributed by atoms with Gasteiger partial charge in [0, 0.05) is 24.2 Å². The maximum Gasteiger partial charge on any atom is 0.142 e. The molecule has 1 unspecified atom stereocenters. The first-order chi connectivity index (χ1) is 8.61. The predicted octanol–water partition coefficient (Wildman–Crippen LogP) is 2.47. The molecule has 4 nitrogen and oxygen atoms in total. The molecule has 0 radical (unpaired) electrons. The summed E-state index contributed by atoms with van der Waals surface area (Å²) < 4.78 is 0. The number of anilines is 1. The highest BCUT2D eigenvalue weighted by molar-refractivity contribution is 5.65. The van der Waals surface area contributed by atoms with Crippen LogP contribution in [0.1, 0.15) is 50.5 Å². The molecule has 1 saturated heterocycles. The third-order valence-corrected chi connectivity index (χ3v) is 3.37. The van der Waals surface area contributed by atoms with Crippen molar-refractivity contribution in [3.63, 3.8) is 0 Å². The molecule has 0 aliphatic carbocycles. The van der Waals surface area contributed by atoms with Gasteiger partial charge in [-0.15, -0.1) is 0 Å². The average Bonchev–Trinajstić information content (AvgIpc) is 2.38. The Hall–Kier alpha value is -1.45. The summed E-state index contributed by atoms with van der Waals surface area (Å²) in [5.41, 5.74) is 0.971. The Morgan fingerprint density at radius 1 is 1.39 bits per heavy atom. The van der Waals surface area contributed by atoms with E-state index in [1.807, 2.05) is 13.0 Å². The van der Waals surface area contributed by atoms with Gasteiger partial charge >= 0.3 is 0 Å². The van der Waals surface area contributed by atoms with Crippen molar-refractivity contribution in [2.24, 2.45) is 0 Å². The number of piperidine rings is 1. The van der Waals surface area contributed by atoms with Gasteiger partial charge in [-0.2, -0.15) is 0 Å². The van der Waals surface area contributed by atoms with Gasteiger partial charge < -0.3 is 9.69 Å². The molecule has 0 amide bonds. The summed E-state index contributed by atoms with van der Waals surface area (Å²) >= 11 is 0. The Morgan fingerprint density at radius 2 is 2.17 bits per heavy atom. The average molecular weight is 247 g/mol. The van der Waals surface area contributed by atoms with Crippen LogP contribution in [0.2, 0.25) is 0 Å².